The van der Waals surface area contributed by atoms with Gasteiger partial charge in [0, 0.05) is 29.2 Å². The van der Waals surface area contributed by atoms with Crippen molar-refractivity contribution in [2.45, 2.75) is 44.2 Å². The summed E-state index contributed by atoms with van der Waals surface area (Å²) in [5.74, 6) is -1.82. The number of carbonyl (C=O) groups is 2. The summed E-state index contributed by atoms with van der Waals surface area (Å²) in [4.78, 5) is 25.9. The van der Waals surface area contributed by atoms with Crippen LogP contribution in [0.3, 0.4) is 0 Å². The number of nitrogens with zero attached hydrogens (tertiary/aromatic N) is 1. The zero-order chi connectivity index (χ0) is 23.7. The molecule has 33 heavy (non-hydrogen) atoms. The number of amides is 1. The molecule has 1 unspecified atom stereocenters. The van der Waals surface area contributed by atoms with Gasteiger partial charge in [-0.05, 0) is 36.2 Å². The van der Waals surface area contributed by atoms with Gasteiger partial charge < -0.3 is 26.2 Å². The second kappa shape index (κ2) is 9.85. The number of β-lactam (4-membered cyclic amide) rings is 1. The van der Waals surface area contributed by atoms with E-state index >= 15 is 0 Å². The molecule has 0 spiro atoms. The topological polar surface area (TPSA) is 116 Å². The average molecular weight is 470 g/mol. The Labute approximate surface area is 198 Å². The Morgan fingerprint density at radius 1 is 1.27 bits per heavy atom. The van der Waals surface area contributed by atoms with E-state index in [-0.39, 0.29) is 23.6 Å². The number of fused-ring (bicyclic) bond motifs is 2. The summed E-state index contributed by atoms with van der Waals surface area (Å²) in [6.45, 7) is 5.98. The zero-order valence-electron chi connectivity index (χ0n) is 18.9. The Kier molecular flexibility index (Phi) is 7.09. The molecule has 3 heterocycles. The highest BCUT2D eigenvalue weighted by Gasteiger charge is 2.60. The highest BCUT2D eigenvalue weighted by atomic mass is 32.2. The highest BCUT2D eigenvalue weighted by molar-refractivity contribution is 8.03. The molecule has 3 aliphatic rings. The number of nitrogens with two attached hydrogens (primary N) is 1. The standard InChI is InChI=1S/C14H20N2O4S.C11H11N/c1-6-10-9(7(2)17)13(18)16(10)11(14(19)20)12(6)21-8-3-4-15-5-8;12-8-10-6-3-5-9-4-1-2-7-11(9)10/h6-10,15,17H,3-5H2,1-2H3,(H,19,20);1-7H,8,12H2/t6-,7-,8+,9-,10?;/m1./s1. The van der Waals surface area contributed by atoms with Crippen LogP contribution in [0, 0.1) is 11.8 Å². The molecule has 5 rings (SSSR count). The minimum absolute atomic E-state index is 0.0287. The third kappa shape index (κ3) is 4.40. The predicted molar refractivity (Wildman–Crippen MR) is 130 cm³/mol. The maximum atomic E-state index is 12.2. The molecule has 2 fully saturated rings. The van der Waals surface area contributed by atoms with E-state index in [1.165, 1.54) is 21.2 Å². The lowest BCUT2D eigenvalue weighted by atomic mass is 9.79. The zero-order valence-corrected chi connectivity index (χ0v) is 19.7. The van der Waals surface area contributed by atoms with Crippen molar-refractivity contribution in [2.75, 3.05) is 13.1 Å². The first-order valence-corrected chi connectivity index (χ1v) is 12.3. The van der Waals surface area contributed by atoms with Crippen molar-refractivity contribution < 1.29 is 19.8 Å². The minimum Gasteiger partial charge on any atom is -0.477 e. The summed E-state index contributed by atoms with van der Waals surface area (Å²) in [6.07, 6.45) is 0.264. The van der Waals surface area contributed by atoms with Gasteiger partial charge in [0.15, 0.2) is 0 Å². The van der Waals surface area contributed by atoms with Crippen molar-refractivity contribution in [3.63, 3.8) is 0 Å². The van der Waals surface area contributed by atoms with E-state index in [1.54, 1.807) is 18.7 Å². The number of rotatable bonds is 5. The van der Waals surface area contributed by atoms with Gasteiger partial charge in [-0.15, -0.1) is 11.8 Å². The molecule has 1 amide bonds. The van der Waals surface area contributed by atoms with E-state index in [9.17, 15) is 19.8 Å². The summed E-state index contributed by atoms with van der Waals surface area (Å²) >= 11 is 1.58. The number of aliphatic hydroxyl groups excluding tert-OH is 1. The second-order valence-electron chi connectivity index (χ2n) is 8.85. The SMILES string of the molecule is C[C@H]1C(S[C@H]2CCNC2)=C(C(=O)O)N2C(=O)[C@H]([C@@H](C)O)C12.NCc1cccc2ccccc12. The molecule has 0 aliphatic carbocycles. The lowest BCUT2D eigenvalue weighted by molar-refractivity contribution is -0.163. The van der Waals surface area contributed by atoms with Crippen molar-refractivity contribution >= 4 is 34.4 Å². The van der Waals surface area contributed by atoms with Gasteiger partial charge in [0.05, 0.1) is 18.1 Å². The number of carboxylic acid groups (broad SMARTS) is 1. The fourth-order valence-electron chi connectivity index (χ4n) is 5.06. The molecule has 0 bridgehead atoms. The number of hydrogen-bond donors (Lipinski definition) is 4. The summed E-state index contributed by atoms with van der Waals surface area (Å²) < 4.78 is 0. The van der Waals surface area contributed by atoms with Crippen LogP contribution in [0.25, 0.3) is 10.8 Å². The summed E-state index contributed by atoms with van der Waals surface area (Å²) in [5.41, 5.74) is 6.96. The van der Waals surface area contributed by atoms with Crippen LogP contribution in [0.2, 0.25) is 0 Å². The minimum atomic E-state index is -1.05. The van der Waals surface area contributed by atoms with E-state index in [1.807, 2.05) is 25.1 Å². The number of aliphatic carboxylic acids is 1. The molecule has 5 N–H and O–H groups in total. The Morgan fingerprint density at radius 2 is 2.00 bits per heavy atom. The molecule has 7 nitrogen and oxygen atoms in total. The number of aliphatic hydroxyl groups is 1. The van der Waals surface area contributed by atoms with Crippen LogP contribution in [0.15, 0.2) is 53.1 Å². The van der Waals surface area contributed by atoms with E-state index < -0.39 is 18.0 Å². The molecule has 0 saturated carbocycles. The molecule has 2 aromatic carbocycles. The van der Waals surface area contributed by atoms with E-state index in [0.717, 1.165) is 24.4 Å². The van der Waals surface area contributed by atoms with E-state index in [0.29, 0.717) is 11.8 Å². The Bertz CT molecular complexity index is 1080. The molecule has 0 aromatic heterocycles. The molecule has 3 aliphatic heterocycles. The highest BCUT2D eigenvalue weighted by Crippen LogP contribution is 2.51. The first-order chi connectivity index (χ1) is 15.8. The molecule has 0 radical (unpaired) electrons. The average Bonchev–Trinajstić information content (AvgIpc) is 3.39. The number of benzene rings is 2. The lowest BCUT2D eigenvalue weighted by Gasteiger charge is -2.46. The van der Waals surface area contributed by atoms with Crippen LogP contribution >= 0.6 is 11.8 Å². The van der Waals surface area contributed by atoms with Gasteiger partial charge in [0.2, 0.25) is 5.91 Å². The molecule has 8 heteroatoms. The Hall–Kier alpha value is -2.39. The van der Waals surface area contributed by atoms with Crippen molar-refractivity contribution in [1.29, 1.82) is 0 Å². The maximum Gasteiger partial charge on any atom is 0.353 e. The fourth-order valence-corrected chi connectivity index (χ4v) is 6.50. The summed E-state index contributed by atoms with van der Waals surface area (Å²) in [6, 6.07) is 14.3. The van der Waals surface area contributed by atoms with Crippen LogP contribution in [0.1, 0.15) is 25.8 Å². The smallest absolute Gasteiger partial charge is 0.353 e. The summed E-state index contributed by atoms with van der Waals surface area (Å²) in [7, 11) is 0. The van der Waals surface area contributed by atoms with Gasteiger partial charge in [-0.3, -0.25) is 4.79 Å². The maximum absolute atomic E-state index is 12.2. The van der Waals surface area contributed by atoms with Crippen LogP contribution in [0.4, 0.5) is 0 Å². The molecular weight excluding hydrogens is 438 g/mol. The Morgan fingerprint density at radius 3 is 2.64 bits per heavy atom. The number of carboxylic acids is 1. The van der Waals surface area contributed by atoms with Gasteiger partial charge in [-0.25, -0.2) is 4.79 Å². The number of carbonyl (C=O) groups excluding carboxylic acids is 1. The normalized spacial score (nSPS) is 27.2. The first kappa shape index (κ1) is 23.8. The first-order valence-electron chi connectivity index (χ1n) is 11.4. The number of nitrogens with one attached hydrogen (secondary N) is 1. The van der Waals surface area contributed by atoms with Crippen molar-refractivity contribution in [1.82, 2.24) is 10.2 Å². The lowest BCUT2D eigenvalue weighted by Crippen LogP contribution is -2.63. The molecule has 2 aromatic rings. The van der Waals surface area contributed by atoms with E-state index in [2.05, 4.69) is 29.6 Å². The monoisotopic (exact) mass is 469 g/mol. The van der Waals surface area contributed by atoms with Crippen LogP contribution in [-0.4, -0.2) is 57.5 Å². The third-order valence-electron chi connectivity index (χ3n) is 6.72. The largest absolute Gasteiger partial charge is 0.477 e. The molecule has 5 atom stereocenters. The molecule has 176 valence electrons. The molecular formula is C25H31N3O4S. The quantitative estimate of drug-likeness (QED) is 0.497. The van der Waals surface area contributed by atoms with Crippen molar-refractivity contribution in [3.8, 4) is 0 Å². The van der Waals surface area contributed by atoms with Gasteiger partial charge >= 0.3 is 5.97 Å². The third-order valence-corrected chi connectivity index (χ3v) is 8.27. The van der Waals surface area contributed by atoms with Gasteiger partial charge in [0.1, 0.15) is 5.70 Å². The van der Waals surface area contributed by atoms with E-state index in [4.69, 9.17) is 5.73 Å². The van der Waals surface area contributed by atoms with Crippen LogP contribution < -0.4 is 11.1 Å². The predicted octanol–water partition coefficient (Wildman–Crippen LogP) is 2.53. The fraction of sp³-hybridized carbons (Fsp3) is 0.440. The van der Waals surface area contributed by atoms with Crippen LogP contribution in [0.5, 0.6) is 0 Å². The van der Waals surface area contributed by atoms with Gasteiger partial charge in [0.25, 0.3) is 0 Å². The Balaban J connectivity index is 0.000000183. The number of thioether (sulfide) groups is 1. The summed E-state index contributed by atoms with van der Waals surface area (Å²) in [5, 5.41) is 25.4. The second-order valence-corrected chi connectivity index (χ2v) is 10.2. The van der Waals surface area contributed by atoms with Crippen molar-refractivity contribution in [3.05, 3.63) is 58.6 Å². The van der Waals surface area contributed by atoms with Gasteiger partial charge in [-0.2, -0.15) is 0 Å². The van der Waals surface area contributed by atoms with Crippen LogP contribution in [-0.2, 0) is 16.1 Å². The van der Waals surface area contributed by atoms with Gasteiger partial charge in [-0.1, -0.05) is 49.4 Å². The molecule has 2 saturated heterocycles. The van der Waals surface area contributed by atoms with Crippen molar-refractivity contribution in [2.24, 2.45) is 17.6 Å². The number of hydrogen-bond acceptors (Lipinski definition) is 6.